The maximum Gasteiger partial charge on any atom is 0.419 e. The van der Waals surface area contributed by atoms with Gasteiger partial charge in [0.1, 0.15) is 0 Å². The van der Waals surface area contributed by atoms with Gasteiger partial charge in [-0.1, -0.05) is 12.1 Å². The van der Waals surface area contributed by atoms with Gasteiger partial charge in [0.05, 0.1) is 11.8 Å². The van der Waals surface area contributed by atoms with Crippen LogP contribution in [-0.2, 0) is 16.6 Å². The van der Waals surface area contributed by atoms with Crippen LogP contribution in [-0.4, -0.2) is 50.3 Å². The van der Waals surface area contributed by atoms with Gasteiger partial charge in [-0.25, -0.2) is 17.9 Å². The highest BCUT2D eigenvalue weighted by Gasteiger charge is 2.23. The maximum absolute atomic E-state index is 11.9. The Balaban J connectivity index is 1.57. The van der Waals surface area contributed by atoms with Gasteiger partial charge in [-0.05, 0) is 31.0 Å². The molecule has 2 heterocycles. The molecule has 1 saturated heterocycles. The second-order valence-electron chi connectivity index (χ2n) is 6.06. The van der Waals surface area contributed by atoms with Crippen LogP contribution < -0.4 is 10.5 Å². The molecule has 0 bridgehead atoms. The molecule has 0 aliphatic carbocycles. The number of aromatic nitrogens is 1. The summed E-state index contributed by atoms with van der Waals surface area (Å²) in [6.07, 6.45) is 2.14. The molecule has 1 aliphatic heterocycles. The Bertz CT molecular complexity index is 840. The summed E-state index contributed by atoms with van der Waals surface area (Å²) in [5.74, 6) is -0.0109. The highest BCUT2D eigenvalue weighted by molar-refractivity contribution is 7.88. The van der Waals surface area contributed by atoms with Crippen molar-refractivity contribution in [2.45, 2.75) is 13.0 Å². The molecule has 0 radical (unpaired) electrons. The number of para-hydroxylation sites is 2. The van der Waals surface area contributed by atoms with Gasteiger partial charge in [0.25, 0.3) is 0 Å². The topological polar surface area (TPSA) is 84.5 Å². The summed E-state index contributed by atoms with van der Waals surface area (Å²) in [6, 6.07) is 7.39. The fourth-order valence-electron chi connectivity index (χ4n) is 3.02. The van der Waals surface area contributed by atoms with Gasteiger partial charge in [0.15, 0.2) is 5.58 Å². The minimum Gasteiger partial charge on any atom is -0.408 e. The number of nitrogens with zero attached hydrogens (tertiary/aromatic N) is 2. The van der Waals surface area contributed by atoms with E-state index >= 15 is 0 Å². The lowest BCUT2D eigenvalue weighted by Crippen LogP contribution is -2.31. The first-order chi connectivity index (χ1) is 10.9. The van der Waals surface area contributed by atoms with Gasteiger partial charge in [-0.15, -0.1) is 0 Å². The van der Waals surface area contributed by atoms with Crippen LogP contribution in [0.2, 0.25) is 0 Å². The number of sulfonamides is 1. The number of hydrogen-bond donors (Lipinski definition) is 1. The molecule has 0 saturated carbocycles. The minimum atomic E-state index is -3.13. The summed E-state index contributed by atoms with van der Waals surface area (Å²) < 4.78 is 31.7. The lowest BCUT2D eigenvalue weighted by atomic mass is 10.1. The Morgan fingerprint density at radius 1 is 1.30 bits per heavy atom. The molecular weight excluding hydrogens is 318 g/mol. The van der Waals surface area contributed by atoms with E-state index in [4.69, 9.17) is 4.42 Å². The molecule has 126 valence electrons. The van der Waals surface area contributed by atoms with E-state index in [9.17, 15) is 13.2 Å². The summed E-state index contributed by atoms with van der Waals surface area (Å²) in [6.45, 7) is 3.55. The Morgan fingerprint density at radius 3 is 2.87 bits per heavy atom. The molecule has 1 N–H and O–H groups in total. The molecule has 1 aromatic heterocycles. The van der Waals surface area contributed by atoms with Crippen molar-refractivity contribution in [3.63, 3.8) is 0 Å². The molecule has 1 atom stereocenters. The Hall–Kier alpha value is -1.64. The average Bonchev–Trinajstić information content (AvgIpc) is 3.06. The number of hydrogen-bond acceptors (Lipinski definition) is 5. The van der Waals surface area contributed by atoms with Gasteiger partial charge in [0, 0.05) is 26.2 Å². The van der Waals surface area contributed by atoms with Crippen LogP contribution in [0.4, 0.5) is 0 Å². The lowest BCUT2D eigenvalue weighted by molar-refractivity contribution is 0.306. The van der Waals surface area contributed by atoms with Gasteiger partial charge in [-0.3, -0.25) is 4.57 Å². The fourth-order valence-corrected chi connectivity index (χ4v) is 3.56. The number of likely N-dealkylation sites (tertiary alicyclic amines) is 1. The van der Waals surface area contributed by atoms with E-state index in [1.54, 1.807) is 10.6 Å². The van der Waals surface area contributed by atoms with Crippen LogP contribution in [0.1, 0.15) is 6.42 Å². The summed E-state index contributed by atoms with van der Waals surface area (Å²) in [5, 5.41) is 0. The van der Waals surface area contributed by atoms with E-state index in [-0.39, 0.29) is 5.76 Å². The molecular formula is C15H21N3O4S. The zero-order valence-corrected chi connectivity index (χ0v) is 13.9. The Kier molecular flexibility index (Phi) is 4.56. The monoisotopic (exact) mass is 339 g/mol. The first kappa shape index (κ1) is 16.2. The number of oxazole rings is 1. The number of nitrogens with one attached hydrogen (secondary N) is 1. The van der Waals surface area contributed by atoms with Crippen molar-refractivity contribution in [2.24, 2.45) is 5.92 Å². The number of fused-ring (bicyclic) bond motifs is 1. The first-order valence-corrected chi connectivity index (χ1v) is 9.57. The van der Waals surface area contributed by atoms with Crippen molar-refractivity contribution in [1.82, 2.24) is 14.2 Å². The van der Waals surface area contributed by atoms with Crippen LogP contribution in [0.5, 0.6) is 0 Å². The smallest absolute Gasteiger partial charge is 0.408 e. The average molecular weight is 339 g/mol. The molecule has 2 aromatic rings. The molecule has 0 unspecified atom stereocenters. The van der Waals surface area contributed by atoms with Crippen molar-refractivity contribution in [2.75, 3.05) is 32.4 Å². The van der Waals surface area contributed by atoms with Gasteiger partial charge < -0.3 is 9.32 Å². The quantitative estimate of drug-likeness (QED) is 0.827. The van der Waals surface area contributed by atoms with E-state index in [0.717, 1.165) is 31.6 Å². The Morgan fingerprint density at radius 2 is 2.09 bits per heavy atom. The standard InChI is InChI=1S/C15H21N3O4S/c1-23(20,21)16-10-12-6-7-17(11-12)8-9-18-13-4-2-3-5-14(13)22-15(18)19/h2-5,12,16H,6-11H2,1H3/t12-/m0/s1. The SMILES string of the molecule is CS(=O)(=O)NC[C@@H]1CCN(CCn2c(=O)oc3ccccc32)C1. The lowest BCUT2D eigenvalue weighted by Gasteiger charge is -2.16. The van der Waals surface area contributed by atoms with E-state index in [1.165, 1.54) is 6.26 Å². The fraction of sp³-hybridized carbons (Fsp3) is 0.533. The molecule has 23 heavy (non-hydrogen) atoms. The molecule has 1 fully saturated rings. The molecule has 3 rings (SSSR count). The van der Waals surface area contributed by atoms with E-state index in [2.05, 4.69) is 9.62 Å². The molecule has 8 heteroatoms. The molecule has 1 aliphatic rings. The second kappa shape index (κ2) is 6.46. The van der Waals surface area contributed by atoms with Crippen LogP contribution in [0.3, 0.4) is 0 Å². The summed E-state index contributed by atoms with van der Waals surface area (Å²) >= 11 is 0. The number of rotatable bonds is 6. The zero-order chi connectivity index (χ0) is 16.4. The largest absolute Gasteiger partial charge is 0.419 e. The highest BCUT2D eigenvalue weighted by Crippen LogP contribution is 2.16. The molecule has 1 aromatic carbocycles. The van der Waals surface area contributed by atoms with Crippen LogP contribution >= 0.6 is 0 Å². The van der Waals surface area contributed by atoms with Crippen LogP contribution in [0.25, 0.3) is 11.1 Å². The summed E-state index contributed by atoms with van der Waals surface area (Å²) in [5.41, 5.74) is 1.42. The van der Waals surface area contributed by atoms with Crippen molar-refractivity contribution in [3.05, 3.63) is 34.8 Å². The van der Waals surface area contributed by atoms with Crippen molar-refractivity contribution in [3.8, 4) is 0 Å². The third-order valence-electron chi connectivity index (χ3n) is 4.22. The third kappa shape index (κ3) is 4.01. The predicted octanol–water partition coefficient (Wildman–Crippen LogP) is 0.466. The number of benzene rings is 1. The van der Waals surface area contributed by atoms with Crippen molar-refractivity contribution in [1.29, 1.82) is 0 Å². The van der Waals surface area contributed by atoms with Crippen molar-refractivity contribution >= 4 is 21.1 Å². The van der Waals surface area contributed by atoms with E-state index in [0.29, 0.717) is 24.6 Å². The highest BCUT2D eigenvalue weighted by atomic mass is 32.2. The predicted molar refractivity (Wildman–Crippen MR) is 87.9 cm³/mol. The van der Waals surface area contributed by atoms with Gasteiger partial charge >= 0.3 is 5.76 Å². The maximum atomic E-state index is 11.9. The zero-order valence-electron chi connectivity index (χ0n) is 13.1. The van der Waals surface area contributed by atoms with E-state index < -0.39 is 10.0 Å². The summed E-state index contributed by atoms with van der Waals surface area (Å²) in [7, 11) is -3.13. The molecule has 7 nitrogen and oxygen atoms in total. The van der Waals surface area contributed by atoms with Gasteiger partial charge in [-0.2, -0.15) is 0 Å². The molecule has 0 spiro atoms. The Labute approximate surface area is 134 Å². The van der Waals surface area contributed by atoms with Crippen molar-refractivity contribution < 1.29 is 12.8 Å². The van der Waals surface area contributed by atoms with E-state index in [1.807, 2.05) is 18.2 Å². The normalized spacial score (nSPS) is 19.6. The molecule has 0 amide bonds. The first-order valence-electron chi connectivity index (χ1n) is 7.68. The third-order valence-corrected chi connectivity index (χ3v) is 4.91. The summed E-state index contributed by atoms with van der Waals surface area (Å²) in [4.78, 5) is 14.2. The van der Waals surface area contributed by atoms with Crippen LogP contribution in [0, 0.1) is 5.92 Å². The second-order valence-corrected chi connectivity index (χ2v) is 7.90. The van der Waals surface area contributed by atoms with Gasteiger partial charge in [0.2, 0.25) is 10.0 Å². The van der Waals surface area contributed by atoms with Crippen LogP contribution in [0.15, 0.2) is 33.5 Å². The minimum absolute atomic E-state index is 0.322.